The van der Waals surface area contributed by atoms with Crippen molar-refractivity contribution in [3.05, 3.63) is 29.8 Å². The molecule has 5 heteroatoms. The van der Waals surface area contributed by atoms with Crippen LogP contribution in [0.2, 0.25) is 0 Å². The Bertz CT molecular complexity index is 691. The number of unbranched alkanes of at least 4 members (excludes halogenated alkanes) is 3. The SMILES string of the molecule is CCCC1(C(O)c2cccc(N3CCC(Cl)C3CCCCCCC(=O)O)c2)CCC1. The normalized spacial score (nSPS) is 23.9. The molecule has 0 amide bonds. The standard InChI is InChI=1S/C25H38ClNO3/c1-2-14-25(15-8-16-25)24(30)19-9-7-10-20(18-19)27-17-13-21(26)22(27)11-5-3-4-6-12-23(28)29/h7,9-10,18,21-22,24,30H,2-6,8,11-17H2,1H3,(H,28,29). The lowest BCUT2D eigenvalue weighted by atomic mass is 9.61. The zero-order valence-electron chi connectivity index (χ0n) is 18.4. The lowest BCUT2D eigenvalue weighted by Crippen LogP contribution is -2.36. The summed E-state index contributed by atoms with van der Waals surface area (Å²) >= 11 is 6.68. The van der Waals surface area contributed by atoms with Crippen molar-refractivity contribution in [1.29, 1.82) is 0 Å². The topological polar surface area (TPSA) is 60.8 Å². The number of rotatable bonds is 12. The molecule has 1 aliphatic heterocycles. The highest BCUT2D eigenvalue weighted by molar-refractivity contribution is 6.21. The molecule has 2 aliphatic rings. The van der Waals surface area contributed by atoms with Gasteiger partial charge in [-0.2, -0.15) is 0 Å². The second kappa shape index (κ2) is 10.9. The highest BCUT2D eigenvalue weighted by Crippen LogP contribution is 2.53. The number of hydrogen-bond acceptors (Lipinski definition) is 3. The largest absolute Gasteiger partial charge is 0.481 e. The summed E-state index contributed by atoms with van der Waals surface area (Å²) < 4.78 is 0. The van der Waals surface area contributed by atoms with Gasteiger partial charge in [0.2, 0.25) is 0 Å². The quantitative estimate of drug-likeness (QED) is 0.298. The third-order valence-electron chi connectivity index (χ3n) is 7.30. The minimum Gasteiger partial charge on any atom is -0.481 e. The monoisotopic (exact) mass is 435 g/mol. The fourth-order valence-corrected chi connectivity index (χ4v) is 5.83. The minimum atomic E-state index is -0.706. The van der Waals surface area contributed by atoms with Crippen LogP contribution in [0, 0.1) is 5.41 Å². The number of halogens is 1. The van der Waals surface area contributed by atoms with Crippen LogP contribution in [0.5, 0.6) is 0 Å². The Morgan fingerprint density at radius 3 is 2.70 bits per heavy atom. The zero-order chi connectivity index (χ0) is 21.6. The van der Waals surface area contributed by atoms with Gasteiger partial charge in [0.25, 0.3) is 0 Å². The van der Waals surface area contributed by atoms with Crippen LogP contribution in [0.25, 0.3) is 0 Å². The van der Waals surface area contributed by atoms with E-state index in [0.29, 0.717) is 6.04 Å². The summed E-state index contributed by atoms with van der Waals surface area (Å²) in [6, 6.07) is 8.81. The number of nitrogens with zero attached hydrogens (tertiary/aromatic N) is 1. The van der Waals surface area contributed by atoms with Crippen molar-refractivity contribution >= 4 is 23.3 Å². The van der Waals surface area contributed by atoms with Crippen LogP contribution in [0.4, 0.5) is 5.69 Å². The van der Waals surface area contributed by atoms with Gasteiger partial charge in [-0.1, -0.05) is 51.2 Å². The summed E-state index contributed by atoms with van der Waals surface area (Å²) in [5, 5.41) is 20.1. The number of alkyl halides is 1. The van der Waals surface area contributed by atoms with Crippen molar-refractivity contribution in [2.75, 3.05) is 11.4 Å². The summed E-state index contributed by atoms with van der Waals surface area (Å²) in [7, 11) is 0. The third kappa shape index (κ3) is 5.50. The molecule has 0 radical (unpaired) electrons. The van der Waals surface area contributed by atoms with Gasteiger partial charge in [0, 0.05) is 30.1 Å². The smallest absolute Gasteiger partial charge is 0.303 e. The van der Waals surface area contributed by atoms with E-state index in [-0.39, 0.29) is 23.3 Å². The Kier molecular flexibility index (Phi) is 8.47. The molecular weight excluding hydrogens is 398 g/mol. The van der Waals surface area contributed by atoms with E-state index in [9.17, 15) is 9.90 Å². The van der Waals surface area contributed by atoms with Gasteiger partial charge in [-0.3, -0.25) is 4.79 Å². The summed E-state index contributed by atoms with van der Waals surface area (Å²) in [6.45, 7) is 3.16. The van der Waals surface area contributed by atoms with E-state index in [1.54, 1.807) is 0 Å². The maximum Gasteiger partial charge on any atom is 0.303 e. The molecule has 4 nitrogen and oxygen atoms in total. The summed E-state index contributed by atoms with van der Waals surface area (Å²) in [4.78, 5) is 13.1. The van der Waals surface area contributed by atoms with Gasteiger partial charge in [0.15, 0.2) is 0 Å². The molecule has 0 bridgehead atoms. The molecule has 3 unspecified atom stereocenters. The van der Waals surface area contributed by atoms with Gasteiger partial charge in [-0.25, -0.2) is 0 Å². The van der Waals surface area contributed by atoms with E-state index in [1.165, 1.54) is 12.1 Å². The van der Waals surface area contributed by atoms with Crippen molar-refractivity contribution < 1.29 is 15.0 Å². The van der Waals surface area contributed by atoms with Crippen LogP contribution >= 0.6 is 11.6 Å². The number of anilines is 1. The Hall–Kier alpha value is -1.26. The maximum absolute atomic E-state index is 11.2. The first-order chi connectivity index (χ1) is 14.5. The average molecular weight is 436 g/mol. The Morgan fingerprint density at radius 1 is 1.27 bits per heavy atom. The summed E-state index contributed by atoms with van der Waals surface area (Å²) in [5.74, 6) is -0.706. The lowest BCUT2D eigenvalue weighted by molar-refractivity contribution is -0.137. The van der Waals surface area contributed by atoms with Gasteiger partial charge in [0.1, 0.15) is 0 Å². The molecule has 3 rings (SSSR count). The fraction of sp³-hybridized carbons (Fsp3) is 0.720. The van der Waals surface area contributed by atoms with Gasteiger partial charge in [0.05, 0.1) is 11.5 Å². The molecule has 1 saturated carbocycles. The number of carboxylic acids is 1. The molecule has 1 aromatic carbocycles. The molecule has 1 aromatic rings. The van der Waals surface area contributed by atoms with Gasteiger partial charge in [-0.15, -0.1) is 11.6 Å². The number of aliphatic hydroxyl groups excluding tert-OH is 1. The fourth-order valence-electron chi connectivity index (χ4n) is 5.47. The van der Waals surface area contributed by atoms with Crippen molar-refractivity contribution in [3.8, 4) is 0 Å². The predicted octanol–water partition coefficient (Wildman–Crippen LogP) is 6.30. The summed E-state index contributed by atoms with van der Waals surface area (Å²) in [5.41, 5.74) is 2.30. The summed E-state index contributed by atoms with van der Waals surface area (Å²) in [6.07, 6.45) is 11.5. The number of carbonyl (C=O) groups is 1. The molecule has 0 aromatic heterocycles. The lowest BCUT2D eigenvalue weighted by Gasteiger charge is -2.46. The molecule has 0 spiro atoms. The van der Waals surface area contributed by atoms with Crippen LogP contribution < -0.4 is 4.90 Å². The molecular formula is C25H38ClNO3. The van der Waals surface area contributed by atoms with Crippen LogP contribution in [0.1, 0.15) is 95.6 Å². The van der Waals surface area contributed by atoms with Crippen LogP contribution in [-0.4, -0.2) is 34.1 Å². The molecule has 30 heavy (non-hydrogen) atoms. The molecule has 2 fully saturated rings. The van der Waals surface area contributed by atoms with E-state index in [0.717, 1.165) is 76.3 Å². The van der Waals surface area contributed by atoms with Crippen molar-refractivity contribution in [1.82, 2.24) is 0 Å². The van der Waals surface area contributed by atoms with E-state index in [4.69, 9.17) is 16.7 Å². The molecule has 1 aliphatic carbocycles. The number of benzene rings is 1. The minimum absolute atomic E-state index is 0.0722. The molecule has 1 saturated heterocycles. The third-order valence-corrected chi connectivity index (χ3v) is 7.81. The first kappa shape index (κ1) is 23.4. The Morgan fingerprint density at radius 2 is 2.03 bits per heavy atom. The predicted molar refractivity (Wildman–Crippen MR) is 123 cm³/mol. The number of aliphatic hydroxyl groups is 1. The average Bonchev–Trinajstić information content (AvgIpc) is 3.07. The van der Waals surface area contributed by atoms with E-state index < -0.39 is 5.97 Å². The molecule has 1 heterocycles. The molecule has 3 atom stereocenters. The van der Waals surface area contributed by atoms with Gasteiger partial charge >= 0.3 is 5.97 Å². The molecule has 2 N–H and O–H groups in total. The first-order valence-corrected chi connectivity index (χ1v) is 12.3. The Balaban J connectivity index is 1.61. The van der Waals surface area contributed by atoms with Crippen LogP contribution in [-0.2, 0) is 4.79 Å². The van der Waals surface area contributed by atoms with Crippen molar-refractivity contribution in [3.63, 3.8) is 0 Å². The maximum atomic E-state index is 11.2. The van der Waals surface area contributed by atoms with E-state index in [1.807, 2.05) is 0 Å². The van der Waals surface area contributed by atoms with Gasteiger partial charge in [-0.05, 0) is 56.2 Å². The van der Waals surface area contributed by atoms with E-state index >= 15 is 0 Å². The van der Waals surface area contributed by atoms with Crippen molar-refractivity contribution in [2.24, 2.45) is 5.41 Å². The number of hydrogen-bond donors (Lipinski definition) is 2. The van der Waals surface area contributed by atoms with Crippen LogP contribution in [0.15, 0.2) is 24.3 Å². The second-order valence-corrected chi connectivity index (χ2v) is 9.94. The first-order valence-electron chi connectivity index (χ1n) is 11.9. The molecule has 168 valence electrons. The zero-order valence-corrected chi connectivity index (χ0v) is 19.1. The highest BCUT2D eigenvalue weighted by Gasteiger charge is 2.43. The van der Waals surface area contributed by atoms with E-state index in [2.05, 4.69) is 36.1 Å². The number of carboxylic acid groups (broad SMARTS) is 1. The van der Waals surface area contributed by atoms with Gasteiger partial charge < -0.3 is 15.1 Å². The van der Waals surface area contributed by atoms with Crippen molar-refractivity contribution in [2.45, 2.75) is 101 Å². The Labute approximate surface area is 186 Å². The number of aliphatic carboxylic acids is 1. The second-order valence-electron chi connectivity index (χ2n) is 9.38. The van der Waals surface area contributed by atoms with Crippen LogP contribution in [0.3, 0.4) is 0 Å². The highest BCUT2D eigenvalue weighted by atomic mass is 35.5.